The van der Waals surface area contributed by atoms with Gasteiger partial charge in [0.15, 0.2) is 5.17 Å². The Kier molecular flexibility index (Phi) is 8.46. The van der Waals surface area contributed by atoms with E-state index < -0.39 is 12.0 Å². The molecule has 0 saturated carbocycles. The lowest BCUT2D eigenvalue weighted by molar-refractivity contribution is -0.141. The Balaban J connectivity index is 1.49. The first-order chi connectivity index (χ1) is 19.4. The normalized spacial score (nSPS) is 19.1. The zero-order valence-electron chi connectivity index (χ0n) is 23.3. The molecule has 0 spiro atoms. The minimum Gasteiger partial charge on any atom is -0.497 e. The number of carbonyl (C=O) groups is 2. The largest absolute Gasteiger partial charge is 0.497 e. The Bertz CT molecular complexity index is 1370. The van der Waals surface area contributed by atoms with Crippen LogP contribution < -0.4 is 9.47 Å². The molecule has 0 bridgehead atoms. The second-order valence-electron chi connectivity index (χ2n) is 9.92. The van der Waals surface area contributed by atoms with Crippen LogP contribution in [-0.4, -0.2) is 79.2 Å². The van der Waals surface area contributed by atoms with E-state index in [1.807, 2.05) is 64.6 Å². The first-order valence-corrected chi connectivity index (χ1v) is 14.1. The van der Waals surface area contributed by atoms with Crippen LogP contribution in [0.4, 0.5) is 0 Å². The van der Waals surface area contributed by atoms with E-state index >= 15 is 0 Å². The van der Waals surface area contributed by atoms with Crippen molar-refractivity contribution >= 4 is 28.8 Å². The second kappa shape index (κ2) is 12.2. The molecule has 10 heteroatoms. The third-order valence-electron chi connectivity index (χ3n) is 7.36. The summed E-state index contributed by atoms with van der Waals surface area (Å²) in [6, 6.07) is 14.5. The molecule has 0 aromatic heterocycles. The molecule has 9 nitrogen and oxygen atoms in total. The molecule has 1 saturated heterocycles. The SMILES string of the molecule is COc1ccc([C@@H]2C(C(=O)OCc3ccccc3)=C(C)N=C3SC=C(CC(=O)N4CCN(C)CC4)N32)c(OC)c1. The van der Waals surface area contributed by atoms with E-state index in [2.05, 4.69) is 11.9 Å². The van der Waals surface area contributed by atoms with Gasteiger partial charge in [0.25, 0.3) is 0 Å². The van der Waals surface area contributed by atoms with Crippen molar-refractivity contribution in [1.82, 2.24) is 14.7 Å². The summed E-state index contributed by atoms with van der Waals surface area (Å²) in [6.07, 6.45) is 0.204. The predicted octanol–water partition coefficient (Wildman–Crippen LogP) is 4.19. The van der Waals surface area contributed by atoms with Gasteiger partial charge in [-0.3, -0.25) is 4.79 Å². The summed E-state index contributed by atoms with van der Waals surface area (Å²) in [4.78, 5) is 38.0. The van der Waals surface area contributed by atoms with Gasteiger partial charge < -0.3 is 28.9 Å². The molecule has 0 N–H and O–H groups in total. The Morgan fingerprint density at radius 3 is 2.48 bits per heavy atom. The van der Waals surface area contributed by atoms with Crippen LogP contribution in [0.1, 0.15) is 30.5 Å². The number of allylic oxidation sites excluding steroid dienone is 1. The number of piperazine rings is 1. The number of benzene rings is 2. The number of carbonyl (C=O) groups excluding carboxylic acids is 2. The molecule has 0 aliphatic carbocycles. The van der Waals surface area contributed by atoms with Gasteiger partial charge in [0.05, 0.1) is 38.0 Å². The lowest BCUT2D eigenvalue weighted by Crippen LogP contribution is -2.47. The average molecular weight is 563 g/mol. The zero-order chi connectivity index (χ0) is 28.2. The predicted molar refractivity (Wildman–Crippen MR) is 155 cm³/mol. The minimum atomic E-state index is -0.599. The topological polar surface area (TPSA) is 83.9 Å². The van der Waals surface area contributed by atoms with Crippen molar-refractivity contribution in [3.05, 3.63) is 82.0 Å². The molecule has 5 rings (SSSR count). The summed E-state index contributed by atoms with van der Waals surface area (Å²) in [5.74, 6) is 0.791. The summed E-state index contributed by atoms with van der Waals surface area (Å²) in [5.41, 5.74) is 3.41. The Morgan fingerprint density at radius 2 is 1.77 bits per heavy atom. The van der Waals surface area contributed by atoms with Gasteiger partial charge in [-0.2, -0.15) is 0 Å². The number of amidine groups is 1. The van der Waals surface area contributed by atoms with Crippen molar-refractivity contribution in [2.24, 2.45) is 4.99 Å². The van der Waals surface area contributed by atoms with Crippen LogP contribution in [0, 0.1) is 0 Å². The number of aliphatic imine (C=N–C) groups is 1. The van der Waals surface area contributed by atoms with Crippen LogP contribution in [0.25, 0.3) is 0 Å². The van der Waals surface area contributed by atoms with Crippen molar-refractivity contribution in [3.8, 4) is 11.5 Å². The Labute approximate surface area is 239 Å². The number of thioether (sulfide) groups is 1. The molecule has 3 aliphatic heterocycles. The maximum Gasteiger partial charge on any atom is 0.338 e. The number of hydrogen-bond acceptors (Lipinski definition) is 9. The molecule has 1 amide bonds. The molecule has 3 heterocycles. The van der Waals surface area contributed by atoms with Crippen molar-refractivity contribution in [3.63, 3.8) is 0 Å². The highest BCUT2D eigenvalue weighted by Crippen LogP contribution is 2.47. The molecule has 1 fully saturated rings. The van der Waals surface area contributed by atoms with E-state index in [9.17, 15) is 9.59 Å². The average Bonchev–Trinajstić information content (AvgIpc) is 3.37. The summed E-state index contributed by atoms with van der Waals surface area (Å²) in [5, 5.41) is 2.67. The highest BCUT2D eigenvalue weighted by atomic mass is 32.2. The van der Waals surface area contributed by atoms with Crippen LogP contribution in [0.5, 0.6) is 11.5 Å². The lowest BCUT2D eigenvalue weighted by atomic mass is 9.93. The van der Waals surface area contributed by atoms with Gasteiger partial charge >= 0.3 is 5.97 Å². The number of ether oxygens (including phenoxy) is 3. The van der Waals surface area contributed by atoms with E-state index in [1.54, 1.807) is 20.3 Å². The molecule has 0 radical (unpaired) electrons. The summed E-state index contributed by atoms with van der Waals surface area (Å²) >= 11 is 1.45. The molecule has 2 aromatic rings. The van der Waals surface area contributed by atoms with Gasteiger partial charge in [0.1, 0.15) is 18.1 Å². The van der Waals surface area contributed by atoms with E-state index in [0.717, 1.165) is 29.9 Å². The maximum atomic E-state index is 13.7. The number of amides is 1. The first kappa shape index (κ1) is 27.8. The lowest BCUT2D eigenvalue weighted by Gasteiger charge is -2.38. The van der Waals surface area contributed by atoms with E-state index in [4.69, 9.17) is 19.2 Å². The molecule has 3 aliphatic rings. The van der Waals surface area contributed by atoms with Crippen LogP contribution in [0.15, 0.2) is 75.9 Å². The van der Waals surface area contributed by atoms with Crippen molar-refractivity contribution < 1.29 is 23.8 Å². The number of likely N-dealkylation sites (N-methyl/N-ethyl adjacent to an activating group) is 1. The third kappa shape index (κ3) is 5.73. The van der Waals surface area contributed by atoms with Crippen LogP contribution >= 0.6 is 11.8 Å². The summed E-state index contributed by atoms with van der Waals surface area (Å²) in [6.45, 7) is 5.05. The van der Waals surface area contributed by atoms with Gasteiger partial charge in [-0.15, -0.1) is 0 Å². The minimum absolute atomic E-state index is 0.0566. The van der Waals surface area contributed by atoms with Crippen molar-refractivity contribution in [2.75, 3.05) is 47.4 Å². The summed E-state index contributed by atoms with van der Waals surface area (Å²) in [7, 11) is 5.25. The number of fused-ring (bicyclic) bond motifs is 1. The number of hydrogen-bond donors (Lipinski definition) is 0. The van der Waals surface area contributed by atoms with E-state index in [0.29, 0.717) is 41.0 Å². The van der Waals surface area contributed by atoms with Gasteiger partial charge in [-0.25, -0.2) is 9.79 Å². The van der Waals surface area contributed by atoms with Gasteiger partial charge in [0, 0.05) is 43.5 Å². The third-order valence-corrected chi connectivity index (χ3v) is 8.25. The Hall–Kier alpha value is -3.76. The van der Waals surface area contributed by atoms with Gasteiger partial charge in [-0.05, 0) is 37.1 Å². The number of methoxy groups -OCH3 is 2. The molecule has 2 aromatic carbocycles. The Morgan fingerprint density at radius 1 is 1.02 bits per heavy atom. The number of nitrogens with zero attached hydrogens (tertiary/aromatic N) is 4. The smallest absolute Gasteiger partial charge is 0.338 e. The molecule has 0 unspecified atom stereocenters. The zero-order valence-corrected chi connectivity index (χ0v) is 24.1. The molecule has 210 valence electrons. The van der Waals surface area contributed by atoms with E-state index in [-0.39, 0.29) is 18.9 Å². The highest BCUT2D eigenvalue weighted by Gasteiger charge is 2.42. The second-order valence-corrected chi connectivity index (χ2v) is 10.8. The number of esters is 1. The monoisotopic (exact) mass is 562 g/mol. The van der Waals surface area contributed by atoms with Gasteiger partial charge in [0.2, 0.25) is 5.91 Å². The molecule has 1 atom stereocenters. The quantitative estimate of drug-likeness (QED) is 0.443. The number of rotatable bonds is 8. The first-order valence-electron chi connectivity index (χ1n) is 13.2. The van der Waals surface area contributed by atoms with E-state index in [1.165, 1.54) is 11.8 Å². The maximum absolute atomic E-state index is 13.7. The van der Waals surface area contributed by atoms with Crippen LogP contribution in [0.2, 0.25) is 0 Å². The summed E-state index contributed by atoms with van der Waals surface area (Å²) < 4.78 is 17.0. The highest BCUT2D eigenvalue weighted by molar-refractivity contribution is 8.16. The molecule has 40 heavy (non-hydrogen) atoms. The van der Waals surface area contributed by atoms with Crippen LogP contribution in [0.3, 0.4) is 0 Å². The fourth-order valence-corrected chi connectivity index (χ4v) is 6.06. The van der Waals surface area contributed by atoms with Crippen molar-refractivity contribution in [2.45, 2.75) is 26.0 Å². The fourth-order valence-electron chi connectivity index (χ4n) is 5.09. The molecular weight excluding hydrogens is 528 g/mol. The standard InChI is InChI=1S/C30H34N4O5S/c1-20-27(29(36)39-18-21-8-6-5-7-9-21)28(24-11-10-23(37-3)17-25(24)38-4)34-22(19-40-30(34)31-20)16-26(35)33-14-12-32(2)13-15-33/h5-11,17,19,28H,12-16,18H2,1-4H3/t28-/m1/s1. The van der Waals surface area contributed by atoms with Crippen LogP contribution in [-0.2, 0) is 20.9 Å². The fraction of sp³-hybridized carbons (Fsp3) is 0.367. The van der Waals surface area contributed by atoms with Crippen molar-refractivity contribution in [1.29, 1.82) is 0 Å². The molecular formula is C30H34N4O5S. The van der Waals surface area contributed by atoms with Gasteiger partial charge in [-0.1, -0.05) is 42.1 Å².